The van der Waals surface area contributed by atoms with Crippen LogP contribution in [0.5, 0.6) is 5.75 Å². The third-order valence-corrected chi connectivity index (χ3v) is 4.39. The van der Waals surface area contributed by atoms with E-state index in [1.165, 1.54) is 11.1 Å². The van der Waals surface area contributed by atoms with Crippen molar-refractivity contribution in [1.82, 2.24) is 0 Å². The first-order valence-electron chi connectivity index (χ1n) is 6.92. The van der Waals surface area contributed by atoms with Crippen molar-refractivity contribution in [2.75, 3.05) is 12.9 Å². The molecule has 0 radical (unpaired) electrons. The van der Waals surface area contributed by atoms with Gasteiger partial charge in [0.05, 0.1) is 18.4 Å². The Morgan fingerprint density at radius 1 is 1.14 bits per heavy atom. The molecule has 0 heterocycles. The van der Waals surface area contributed by atoms with Gasteiger partial charge in [-0.05, 0) is 42.7 Å². The summed E-state index contributed by atoms with van der Waals surface area (Å²) in [5.41, 5.74) is 4.31. The molecule has 21 heavy (non-hydrogen) atoms. The summed E-state index contributed by atoms with van der Waals surface area (Å²) in [5, 5.41) is 0. The predicted molar refractivity (Wildman–Crippen MR) is 89.4 cm³/mol. The highest BCUT2D eigenvalue weighted by atomic mass is 32.2. The van der Waals surface area contributed by atoms with Crippen molar-refractivity contribution in [1.29, 1.82) is 0 Å². The fourth-order valence-corrected chi connectivity index (χ4v) is 3.12. The maximum Gasteiger partial charge on any atom is 0.176 e. The number of hydrogen-bond donors (Lipinski definition) is 0. The fraction of sp³-hybridized carbons (Fsp3) is 0.278. The number of aryl methyl sites for hydroxylation is 2. The molecule has 0 aliphatic rings. The van der Waals surface area contributed by atoms with E-state index in [1.807, 2.05) is 37.3 Å². The molecule has 2 rings (SSSR count). The maximum absolute atomic E-state index is 12.3. The molecule has 0 aliphatic heterocycles. The average molecular weight is 300 g/mol. The van der Waals surface area contributed by atoms with Crippen molar-refractivity contribution < 1.29 is 9.53 Å². The molecule has 2 aromatic rings. The van der Waals surface area contributed by atoms with E-state index < -0.39 is 0 Å². The molecule has 0 bridgehead atoms. The highest BCUT2D eigenvalue weighted by molar-refractivity contribution is 7.99. The standard InChI is InChI=1S/C18H20O2S/c1-13-8-9-16(18(10-13)20-3)17(19)12-21-11-15-7-5-4-6-14(15)2/h4-10H,11-12H2,1-3H3. The van der Waals surface area contributed by atoms with Crippen LogP contribution in [-0.2, 0) is 5.75 Å². The summed E-state index contributed by atoms with van der Waals surface area (Å²) in [5.74, 6) is 2.10. The summed E-state index contributed by atoms with van der Waals surface area (Å²) >= 11 is 1.64. The van der Waals surface area contributed by atoms with Crippen molar-refractivity contribution in [3.63, 3.8) is 0 Å². The Morgan fingerprint density at radius 3 is 2.62 bits per heavy atom. The van der Waals surface area contributed by atoms with Gasteiger partial charge >= 0.3 is 0 Å². The van der Waals surface area contributed by atoms with Crippen molar-refractivity contribution >= 4 is 17.5 Å². The topological polar surface area (TPSA) is 26.3 Å². The lowest BCUT2D eigenvalue weighted by Gasteiger charge is -2.09. The zero-order chi connectivity index (χ0) is 15.2. The number of thioether (sulfide) groups is 1. The second-order valence-electron chi connectivity index (χ2n) is 5.05. The van der Waals surface area contributed by atoms with Crippen LogP contribution >= 0.6 is 11.8 Å². The molecule has 0 saturated carbocycles. The zero-order valence-corrected chi connectivity index (χ0v) is 13.5. The van der Waals surface area contributed by atoms with Crippen molar-refractivity contribution in [3.05, 3.63) is 64.7 Å². The van der Waals surface area contributed by atoms with Crippen LogP contribution in [0.1, 0.15) is 27.0 Å². The van der Waals surface area contributed by atoms with E-state index >= 15 is 0 Å². The molecule has 0 N–H and O–H groups in total. The Balaban J connectivity index is 1.98. The van der Waals surface area contributed by atoms with Crippen molar-refractivity contribution in [2.45, 2.75) is 19.6 Å². The van der Waals surface area contributed by atoms with Gasteiger partial charge in [0.2, 0.25) is 0 Å². The molecule has 3 heteroatoms. The summed E-state index contributed by atoms with van der Waals surface area (Å²) in [7, 11) is 1.60. The molecule has 0 aliphatic carbocycles. The SMILES string of the molecule is COc1cc(C)ccc1C(=O)CSCc1ccccc1C. The molecular formula is C18H20O2S. The molecule has 0 atom stereocenters. The van der Waals surface area contributed by atoms with E-state index in [-0.39, 0.29) is 5.78 Å². The fourth-order valence-electron chi connectivity index (χ4n) is 2.13. The summed E-state index contributed by atoms with van der Waals surface area (Å²) in [4.78, 5) is 12.3. The Kier molecular flexibility index (Phi) is 5.45. The van der Waals surface area contributed by atoms with Gasteiger partial charge in [-0.2, -0.15) is 0 Å². The van der Waals surface area contributed by atoms with Crippen LogP contribution in [0.15, 0.2) is 42.5 Å². The van der Waals surface area contributed by atoms with E-state index in [1.54, 1.807) is 18.9 Å². The first-order valence-corrected chi connectivity index (χ1v) is 8.07. The van der Waals surface area contributed by atoms with Gasteiger partial charge in [0.15, 0.2) is 5.78 Å². The molecule has 0 saturated heterocycles. The zero-order valence-electron chi connectivity index (χ0n) is 12.7. The van der Waals surface area contributed by atoms with Gasteiger partial charge in [0, 0.05) is 5.75 Å². The number of carbonyl (C=O) groups excluding carboxylic acids is 1. The molecule has 2 aromatic carbocycles. The number of Topliss-reactive ketones (excluding diaryl/α,β-unsaturated/α-hetero) is 1. The van der Waals surface area contributed by atoms with Crippen LogP contribution in [0.2, 0.25) is 0 Å². The Labute approximate surface area is 130 Å². The second-order valence-corrected chi connectivity index (χ2v) is 6.03. The summed E-state index contributed by atoms with van der Waals surface area (Å²) in [6, 6.07) is 14.0. The van der Waals surface area contributed by atoms with E-state index in [0.717, 1.165) is 11.3 Å². The van der Waals surface area contributed by atoms with Gasteiger partial charge in [0.25, 0.3) is 0 Å². The number of ketones is 1. The minimum Gasteiger partial charge on any atom is -0.496 e. The predicted octanol–water partition coefficient (Wildman–Crippen LogP) is 4.43. The Hall–Kier alpha value is -1.74. The largest absolute Gasteiger partial charge is 0.496 e. The van der Waals surface area contributed by atoms with Crippen molar-refractivity contribution in [3.8, 4) is 5.75 Å². The number of rotatable bonds is 6. The lowest BCUT2D eigenvalue weighted by Crippen LogP contribution is -2.05. The first kappa shape index (κ1) is 15.6. The molecule has 0 fully saturated rings. The first-order chi connectivity index (χ1) is 10.1. The summed E-state index contributed by atoms with van der Waals surface area (Å²) in [6.45, 7) is 4.09. The molecule has 0 amide bonds. The third kappa shape index (κ3) is 4.11. The lowest BCUT2D eigenvalue weighted by molar-refractivity contribution is 0.101. The lowest BCUT2D eigenvalue weighted by atomic mass is 10.1. The number of methoxy groups -OCH3 is 1. The van der Waals surface area contributed by atoms with Crippen molar-refractivity contribution in [2.24, 2.45) is 0 Å². The summed E-state index contributed by atoms with van der Waals surface area (Å²) < 4.78 is 5.30. The second kappa shape index (κ2) is 7.32. The van der Waals surface area contributed by atoms with Crippen LogP contribution in [0.3, 0.4) is 0 Å². The molecular weight excluding hydrogens is 280 g/mol. The van der Waals surface area contributed by atoms with Crippen LogP contribution in [0.4, 0.5) is 0 Å². The molecule has 0 aromatic heterocycles. The average Bonchev–Trinajstić information content (AvgIpc) is 2.48. The number of carbonyl (C=O) groups is 1. The van der Waals surface area contributed by atoms with Crippen LogP contribution in [-0.4, -0.2) is 18.6 Å². The van der Waals surface area contributed by atoms with E-state index in [0.29, 0.717) is 17.1 Å². The third-order valence-electron chi connectivity index (χ3n) is 3.41. The molecule has 2 nitrogen and oxygen atoms in total. The minimum atomic E-state index is 0.116. The van der Waals surface area contributed by atoms with Crippen LogP contribution in [0, 0.1) is 13.8 Å². The molecule has 0 unspecified atom stereocenters. The van der Waals surface area contributed by atoms with Gasteiger partial charge in [-0.3, -0.25) is 4.79 Å². The van der Waals surface area contributed by atoms with E-state index in [2.05, 4.69) is 19.1 Å². The highest BCUT2D eigenvalue weighted by Gasteiger charge is 2.12. The normalized spacial score (nSPS) is 10.4. The molecule has 110 valence electrons. The quantitative estimate of drug-likeness (QED) is 0.738. The highest BCUT2D eigenvalue weighted by Crippen LogP contribution is 2.23. The van der Waals surface area contributed by atoms with E-state index in [4.69, 9.17) is 4.74 Å². The monoisotopic (exact) mass is 300 g/mol. The smallest absolute Gasteiger partial charge is 0.176 e. The molecule has 0 spiro atoms. The van der Waals surface area contributed by atoms with Gasteiger partial charge in [0.1, 0.15) is 5.75 Å². The van der Waals surface area contributed by atoms with Gasteiger partial charge in [-0.15, -0.1) is 11.8 Å². The van der Waals surface area contributed by atoms with Gasteiger partial charge < -0.3 is 4.74 Å². The van der Waals surface area contributed by atoms with Crippen LogP contribution < -0.4 is 4.74 Å². The van der Waals surface area contributed by atoms with Gasteiger partial charge in [-0.1, -0.05) is 30.3 Å². The Bertz CT molecular complexity index is 635. The van der Waals surface area contributed by atoms with Crippen LogP contribution in [0.25, 0.3) is 0 Å². The minimum absolute atomic E-state index is 0.116. The van der Waals surface area contributed by atoms with Gasteiger partial charge in [-0.25, -0.2) is 0 Å². The Morgan fingerprint density at radius 2 is 1.90 bits per heavy atom. The van der Waals surface area contributed by atoms with E-state index in [9.17, 15) is 4.79 Å². The number of ether oxygens (including phenoxy) is 1. The number of benzene rings is 2. The summed E-state index contributed by atoms with van der Waals surface area (Å²) in [6.07, 6.45) is 0. The maximum atomic E-state index is 12.3. The number of hydrogen-bond acceptors (Lipinski definition) is 3.